The number of fused-ring (bicyclic) bond motifs is 1. The lowest BCUT2D eigenvalue weighted by atomic mass is 10.1. The van der Waals surface area contributed by atoms with Crippen molar-refractivity contribution in [2.45, 2.75) is 32.5 Å². The molecule has 1 heterocycles. The van der Waals surface area contributed by atoms with Gasteiger partial charge in [0.15, 0.2) is 11.2 Å². The molecule has 0 bridgehead atoms. The number of carbonyl (C=O) groups is 1. The van der Waals surface area contributed by atoms with Gasteiger partial charge in [0.05, 0.1) is 13.7 Å². The van der Waals surface area contributed by atoms with Gasteiger partial charge in [-0.05, 0) is 49.7 Å². The molecule has 0 radical (unpaired) electrons. The number of hydrogen-bond acceptors (Lipinski definition) is 6. The fourth-order valence-corrected chi connectivity index (χ4v) is 3.40. The minimum Gasteiger partial charge on any atom is -0.497 e. The second-order valence-electron chi connectivity index (χ2n) is 8.19. The third-order valence-corrected chi connectivity index (χ3v) is 5.30. The molecule has 4 rings (SSSR count). The molecular formula is C26H26N2O5. The molecule has 0 aliphatic heterocycles. The maximum atomic E-state index is 11.6. The lowest BCUT2D eigenvalue weighted by Crippen LogP contribution is -2.38. The van der Waals surface area contributed by atoms with Gasteiger partial charge < -0.3 is 23.9 Å². The van der Waals surface area contributed by atoms with Gasteiger partial charge in [0.2, 0.25) is 0 Å². The molecule has 1 aromatic heterocycles. The van der Waals surface area contributed by atoms with E-state index in [4.69, 9.17) is 13.9 Å². The van der Waals surface area contributed by atoms with Crippen LogP contribution in [0.25, 0.3) is 11.1 Å². The number of carboxylic acids is 1. The summed E-state index contributed by atoms with van der Waals surface area (Å²) < 4.78 is 17.2. The lowest BCUT2D eigenvalue weighted by Gasteiger charge is -2.26. The van der Waals surface area contributed by atoms with Gasteiger partial charge in [0.25, 0.3) is 6.01 Å². The number of hydrogen-bond donors (Lipinski definition) is 1. The Balaban J connectivity index is 1.68. The van der Waals surface area contributed by atoms with E-state index in [1.165, 1.54) is 13.8 Å². The molecule has 0 saturated carbocycles. The summed E-state index contributed by atoms with van der Waals surface area (Å²) in [5.74, 6) is 0.244. The zero-order chi connectivity index (χ0) is 23.4. The van der Waals surface area contributed by atoms with Crippen LogP contribution in [0.5, 0.6) is 11.5 Å². The Morgan fingerprint density at radius 3 is 2.39 bits per heavy atom. The van der Waals surface area contributed by atoms with Crippen LogP contribution in [0.3, 0.4) is 0 Å². The molecule has 0 fully saturated rings. The van der Waals surface area contributed by atoms with Crippen molar-refractivity contribution in [3.05, 3.63) is 83.9 Å². The number of carboxylic acid groups (broad SMARTS) is 1. The molecule has 0 unspecified atom stereocenters. The summed E-state index contributed by atoms with van der Waals surface area (Å²) in [6.07, 6.45) is 0. The summed E-state index contributed by atoms with van der Waals surface area (Å²) in [5.41, 5.74) is 1.96. The van der Waals surface area contributed by atoms with Crippen LogP contribution in [0, 0.1) is 0 Å². The zero-order valence-corrected chi connectivity index (χ0v) is 18.8. The molecule has 7 heteroatoms. The average Bonchev–Trinajstić information content (AvgIpc) is 3.24. The molecule has 0 aliphatic carbocycles. The van der Waals surface area contributed by atoms with Gasteiger partial charge in [-0.1, -0.05) is 42.5 Å². The number of methoxy groups -OCH3 is 1. The summed E-state index contributed by atoms with van der Waals surface area (Å²) in [6.45, 7) is 3.99. The van der Waals surface area contributed by atoms with Crippen molar-refractivity contribution in [2.75, 3.05) is 12.0 Å². The maximum Gasteiger partial charge on any atom is 0.347 e. The molecule has 0 aliphatic rings. The molecule has 4 aromatic rings. The minimum absolute atomic E-state index is 0.407. The first-order valence-electron chi connectivity index (χ1n) is 10.6. The summed E-state index contributed by atoms with van der Waals surface area (Å²) in [4.78, 5) is 18.3. The molecule has 170 valence electrons. The first-order valence-corrected chi connectivity index (χ1v) is 10.6. The Morgan fingerprint density at radius 1 is 1.00 bits per heavy atom. The largest absolute Gasteiger partial charge is 0.497 e. The number of aliphatic carboxylic acids is 1. The quantitative estimate of drug-likeness (QED) is 0.374. The van der Waals surface area contributed by atoms with E-state index in [0.29, 0.717) is 30.4 Å². The van der Waals surface area contributed by atoms with E-state index in [1.807, 2.05) is 71.6 Å². The standard InChI is InChI=1S/C26H26N2O5/c1-26(2,24(29)30)33-22-10-6-4-8-19(22)17-28(16-18-12-14-20(31-3)15-13-18)25-27-21-9-5-7-11-23(21)32-25/h4-15H,16-17H2,1-3H3,(H,29,30). The molecule has 0 saturated heterocycles. The fraction of sp³-hybridized carbons (Fsp3) is 0.231. The summed E-state index contributed by atoms with van der Waals surface area (Å²) in [5, 5.41) is 9.50. The van der Waals surface area contributed by atoms with Gasteiger partial charge in [-0.15, -0.1) is 0 Å². The number of nitrogens with zero attached hydrogens (tertiary/aromatic N) is 2. The van der Waals surface area contributed by atoms with E-state index >= 15 is 0 Å². The highest BCUT2D eigenvalue weighted by atomic mass is 16.5. The van der Waals surface area contributed by atoms with Crippen LogP contribution in [-0.2, 0) is 17.9 Å². The Kier molecular flexibility index (Phi) is 6.22. The van der Waals surface area contributed by atoms with Crippen LogP contribution in [0.4, 0.5) is 6.01 Å². The van der Waals surface area contributed by atoms with E-state index in [2.05, 4.69) is 4.98 Å². The second kappa shape index (κ2) is 9.24. The Labute approximate surface area is 192 Å². The highest BCUT2D eigenvalue weighted by molar-refractivity contribution is 5.77. The Hall–Kier alpha value is -4.00. The van der Waals surface area contributed by atoms with Crippen molar-refractivity contribution in [1.82, 2.24) is 4.98 Å². The number of rotatable bonds is 9. The molecule has 0 atom stereocenters. The highest BCUT2D eigenvalue weighted by Crippen LogP contribution is 2.29. The molecule has 0 amide bonds. The van der Waals surface area contributed by atoms with Crippen LogP contribution in [-0.4, -0.2) is 28.8 Å². The van der Waals surface area contributed by atoms with Crippen LogP contribution < -0.4 is 14.4 Å². The predicted molar refractivity (Wildman–Crippen MR) is 126 cm³/mol. The lowest BCUT2D eigenvalue weighted by molar-refractivity contribution is -0.152. The summed E-state index contributed by atoms with van der Waals surface area (Å²) in [6, 6.07) is 23.3. The van der Waals surface area contributed by atoms with E-state index < -0.39 is 11.6 Å². The third-order valence-electron chi connectivity index (χ3n) is 5.30. The van der Waals surface area contributed by atoms with Crippen LogP contribution >= 0.6 is 0 Å². The summed E-state index contributed by atoms with van der Waals surface area (Å²) >= 11 is 0. The maximum absolute atomic E-state index is 11.6. The van der Waals surface area contributed by atoms with Gasteiger partial charge in [-0.2, -0.15) is 4.98 Å². The van der Waals surface area contributed by atoms with Crippen molar-refractivity contribution in [3.8, 4) is 11.5 Å². The normalized spacial score (nSPS) is 11.4. The monoisotopic (exact) mass is 446 g/mol. The SMILES string of the molecule is COc1ccc(CN(Cc2ccccc2OC(C)(C)C(=O)O)c2nc3ccccc3o2)cc1. The molecule has 7 nitrogen and oxygen atoms in total. The first-order chi connectivity index (χ1) is 15.9. The van der Waals surface area contributed by atoms with Crippen molar-refractivity contribution in [2.24, 2.45) is 0 Å². The minimum atomic E-state index is -1.37. The molecule has 0 spiro atoms. The van der Waals surface area contributed by atoms with Crippen LogP contribution in [0.2, 0.25) is 0 Å². The van der Waals surface area contributed by atoms with E-state index in [0.717, 1.165) is 22.4 Å². The van der Waals surface area contributed by atoms with E-state index in [-0.39, 0.29) is 0 Å². The molecule has 3 aromatic carbocycles. The zero-order valence-electron chi connectivity index (χ0n) is 18.8. The van der Waals surface area contributed by atoms with E-state index in [9.17, 15) is 9.90 Å². The molecular weight excluding hydrogens is 420 g/mol. The van der Waals surface area contributed by atoms with Gasteiger partial charge in [-0.25, -0.2) is 4.79 Å². The number of para-hydroxylation sites is 3. The molecule has 33 heavy (non-hydrogen) atoms. The van der Waals surface area contributed by atoms with Crippen molar-refractivity contribution in [1.29, 1.82) is 0 Å². The van der Waals surface area contributed by atoms with Gasteiger partial charge >= 0.3 is 5.97 Å². The average molecular weight is 447 g/mol. The second-order valence-corrected chi connectivity index (χ2v) is 8.19. The van der Waals surface area contributed by atoms with Gasteiger partial charge in [-0.3, -0.25) is 0 Å². The van der Waals surface area contributed by atoms with Crippen molar-refractivity contribution < 1.29 is 23.8 Å². The van der Waals surface area contributed by atoms with E-state index in [1.54, 1.807) is 13.2 Å². The molecule has 1 N–H and O–H groups in total. The first kappa shape index (κ1) is 22.2. The number of anilines is 1. The highest BCUT2D eigenvalue weighted by Gasteiger charge is 2.30. The van der Waals surface area contributed by atoms with Gasteiger partial charge in [0.1, 0.15) is 17.0 Å². The smallest absolute Gasteiger partial charge is 0.347 e. The van der Waals surface area contributed by atoms with Gasteiger partial charge in [0, 0.05) is 12.1 Å². The number of ether oxygens (including phenoxy) is 2. The predicted octanol–water partition coefficient (Wildman–Crippen LogP) is 5.29. The van der Waals surface area contributed by atoms with Crippen LogP contribution in [0.1, 0.15) is 25.0 Å². The Morgan fingerprint density at radius 2 is 1.70 bits per heavy atom. The summed E-state index contributed by atoms with van der Waals surface area (Å²) in [7, 11) is 1.63. The Bertz CT molecular complexity index is 1210. The third kappa shape index (κ3) is 5.09. The number of oxazole rings is 1. The number of aromatic nitrogens is 1. The van der Waals surface area contributed by atoms with Crippen molar-refractivity contribution >= 4 is 23.1 Å². The fourth-order valence-electron chi connectivity index (χ4n) is 3.40. The van der Waals surface area contributed by atoms with Crippen LogP contribution in [0.15, 0.2) is 77.2 Å². The van der Waals surface area contributed by atoms with Crippen molar-refractivity contribution in [3.63, 3.8) is 0 Å². The topological polar surface area (TPSA) is 85.0 Å². The number of benzene rings is 3.